The largest absolute Gasteiger partial charge is 0.507 e. The number of amides is 1. The average Bonchev–Trinajstić information content (AvgIpc) is 2.75. The van der Waals surface area contributed by atoms with Crippen molar-refractivity contribution in [3.8, 4) is 5.75 Å². The van der Waals surface area contributed by atoms with Crippen LogP contribution in [0.15, 0.2) is 36.5 Å². The maximum Gasteiger partial charge on any atom is 0.475 e. The minimum absolute atomic E-state index is 0.161. The summed E-state index contributed by atoms with van der Waals surface area (Å²) < 4.78 is 5.30. The SMILES string of the molecule is O=C(N[C@@H](Cc1cccc(C(=O)O)c1O)B(O)O)c1ccc(N2CCOCC2)nc1. The fourth-order valence-corrected chi connectivity index (χ4v) is 3.15. The second-order valence-electron chi connectivity index (χ2n) is 6.82. The minimum Gasteiger partial charge on any atom is -0.507 e. The summed E-state index contributed by atoms with van der Waals surface area (Å²) in [6.45, 7) is 2.62. The van der Waals surface area contributed by atoms with Gasteiger partial charge in [0.2, 0.25) is 0 Å². The lowest BCUT2D eigenvalue weighted by Crippen LogP contribution is -2.48. The van der Waals surface area contributed by atoms with Crippen LogP contribution >= 0.6 is 0 Å². The van der Waals surface area contributed by atoms with E-state index in [0.717, 1.165) is 0 Å². The number of carboxylic acids is 1. The smallest absolute Gasteiger partial charge is 0.475 e. The van der Waals surface area contributed by atoms with Crippen LogP contribution in [0.3, 0.4) is 0 Å². The molecule has 1 saturated heterocycles. The number of hydrogen-bond acceptors (Lipinski definition) is 8. The Bertz CT molecular complexity index is 902. The van der Waals surface area contributed by atoms with E-state index in [1.165, 1.54) is 24.4 Å². The Morgan fingerprint density at radius 1 is 1.20 bits per heavy atom. The molecular formula is C19H22BN3O7. The van der Waals surface area contributed by atoms with Gasteiger partial charge in [0.1, 0.15) is 17.1 Å². The van der Waals surface area contributed by atoms with Crippen molar-refractivity contribution in [1.82, 2.24) is 10.3 Å². The number of aromatic carboxylic acids is 1. The molecule has 11 heteroatoms. The van der Waals surface area contributed by atoms with Crippen LogP contribution in [-0.2, 0) is 11.2 Å². The number of benzene rings is 1. The third-order valence-corrected chi connectivity index (χ3v) is 4.81. The molecule has 2 heterocycles. The highest BCUT2D eigenvalue weighted by Gasteiger charge is 2.28. The monoisotopic (exact) mass is 415 g/mol. The number of pyridine rings is 1. The summed E-state index contributed by atoms with van der Waals surface area (Å²) in [5, 5.41) is 41.0. The summed E-state index contributed by atoms with van der Waals surface area (Å²) in [4.78, 5) is 30.0. The molecule has 1 aliphatic heterocycles. The van der Waals surface area contributed by atoms with Crippen LogP contribution in [0.4, 0.5) is 5.82 Å². The maximum atomic E-state index is 12.5. The Balaban J connectivity index is 1.70. The lowest BCUT2D eigenvalue weighted by molar-refractivity contribution is 0.0693. The van der Waals surface area contributed by atoms with Gasteiger partial charge in [0.25, 0.3) is 5.91 Å². The maximum absolute atomic E-state index is 12.5. The predicted molar refractivity (Wildman–Crippen MR) is 107 cm³/mol. The van der Waals surface area contributed by atoms with Crippen LogP contribution in [0.2, 0.25) is 0 Å². The van der Waals surface area contributed by atoms with Crippen molar-refractivity contribution >= 4 is 24.8 Å². The molecule has 0 aliphatic carbocycles. The Morgan fingerprint density at radius 3 is 2.53 bits per heavy atom. The summed E-state index contributed by atoms with van der Waals surface area (Å²) in [7, 11) is -1.93. The first kappa shape index (κ1) is 21.6. The highest BCUT2D eigenvalue weighted by molar-refractivity contribution is 6.43. The van der Waals surface area contributed by atoms with E-state index in [4.69, 9.17) is 9.84 Å². The number of nitrogens with zero attached hydrogens (tertiary/aromatic N) is 2. The molecule has 0 bridgehead atoms. The number of carbonyl (C=O) groups excluding carboxylic acids is 1. The number of aromatic nitrogens is 1. The molecule has 1 aromatic carbocycles. The standard InChI is InChI=1S/C19H22BN3O7/c24-17-12(2-1-3-14(17)19(26)27)10-15(20(28)29)22-18(25)13-4-5-16(21-11-13)23-6-8-30-9-7-23/h1-5,11,15,24,28-29H,6-10H2,(H,22,25)(H,26,27)/t15-/m0/s1. The number of para-hydroxylation sites is 1. The third kappa shape index (κ3) is 5.06. The molecule has 30 heavy (non-hydrogen) atoms. The number of phenols is 1. The molecule has 1 aliphatic rings. The van der Waals surface area contributed by atoms with Gasteiger partial charge in [-0.1, -0.05) is 12.1 Å². The van der Waals surface area contributed by atoms with E-state index in [0.29, 0.717) is 32.1 Å². The zero-order chi connectivity index (χ0) is 21.7. The summed E-state index contributed by atoms with van der Waals surface area (Å²) in [6.07, 6.45) is 1.21. The lowest BCUT2D eigenvalue weighted by Gasteiger charge is -2.27. The Labute approximate surface area is 172 Å². The number of hydrogen-bond donors (Lipinski definition) is 5. The number of carboxylic acid groups (broad SMARTS) is 1. The molecule has 0 saturated carbocycles. The van der Waals surface area contributed by atoms with E-state index < -0.39 is 30.7 Å². The van der Waals surface area contributed by atoms with Gasteiger partial charge in [-0.2, -0.15) is 0 Å². The van der Waals surface area contributed by atoms with Crippen molar-refractivity contribution in [3.63, 3.8) is 0 Å². The van der Waals surface area contributed by atoms with Gasteiger partial charge >= 0.3 is 13.1 Å². The number of rotatable bonds is 7. The molecular weight excluding hydrogens is 393 g/mol. The number of nitrogens with one attached hydrogen (secondary N) is 1. The Morgan fingerprint density at radius 2 is 1.93 bits per heavy atom. The Hall–Kier alpha value is -3.15. The summed E-state index contributed by atoms with van der Waals surface area (Å²) >= 11 is 0. The first-order valence-electron chi connectivity index (χ1n) is 9.36. The molecule has 158 valence electrons. The number of aromatic hydroxyl groups is 1. The van der Waals surface area contributed by atoms with E-state index in [-0.39, 0.29) is 23.1 Å². The van der Waals surface area contributed by atoms with Gasteiger partial charge in [-0.15, -0.1) is 0 Å². The fourth-order valence-electron chi connectivity index (χ4n) is 3.15. The van der Waals surface area contributed by atoms with Crippen LogP contribution in [0.25, 0.3) is 0 Å². The summed E-state index contributed by atoms with van der Waals surface area (Å²) in [6, 6.07) is 7.38. The van der Waals surface area contributed by atoms with Crippen molar-refractivity contribution in [2.45, 2.75) is 12.4 Å². The van der Waals surface area contributed by atoms with Gasteiger partial charge in [-0.3, -0.25) is 4.79 Å². The van der Waals surface area contributed by atoms with E-state index >= 15 is 0 Å². The van der Waals surface area contributed by atoms with Gasteiger partial charge in [0.05, 0.1) is 24.7 Å². The van der Waals surface area contributed by atoms with E-state index in [1.807, 2.05) is 4.90 Å². The number of morpholine rings is 1. The molecule has 1 aromatic heterocycles. The highest BCUT2D eigenvalue weighted by atomic mass is 16.5. The van der Waals surface area contributed by atoms with Crippen LogP contribution in [0, 0.1) is 0 Å². The second kappa shape index (κ2) is 9.57. The molecule has 1 amide bonds. The van der Waals surface area contributed by atoms with Gasteiger partial charge in [-0.25, -0.2) is 9.78 Å². The minimum atomic E-state index is -1.93. The molecule has 5 N–H and O–H groups in total. The normalized spacial score (nSPS) is 14.8. The van der Waals surface area contributed by atoms with Crippen LogP contribution in [0.1, 0.15) is 26.3 Å². The molecule has 3 rings (SSSR count). The first-order chi connectivity index (χ1) is 14.4. The molecule has 2 aromatic rings. The summed E-state index contributed by atoms with van der Waals surface area (Å²) in [5.74, 6) is -2.84. The number of anilines is 1. The van der Waals surface area contributed by atoms with Crippen LogP contribution in [0.5, 0.6) is 5.75 Å². The van der Waals surface area contributed by atoms with Crippen molar-refractivity contribution < 1.29 is 34.6 Å². The van der Waals surface area contributed by atoms with Crippen molar-refractivity contribution in [1.29, 1.82) is 0 Å². The van der Waals surface area contributed by atoms with Crippen molar-refractivity contribution in [2.75, 3.05) is 31.2 Å². The van der Waals surface area contributed by atoms with Gasteiger partial charge in [0, 0.05) is 19.3 Å². The number of carbonyl (C=O) groups is 2. The number of ether oxygens (including phenoxy) is 1. The third-order valence-electron chi connectivity index (χ3n) is 4.81. The van der Waals surface area contributed by atoms with E-state index in [1.54, 1.807) is 12.1 Å². The van der Waals surface area contributed by atoms with Crippen molar-refractivity contribution in [2.24, 2.45) is 0 Å². The molecule has 1 fully saturated rings. The average molecular weight is 415 g/mol. The second-order valence-corrected chi connectivity index (χ2v) is 6.82. The van der Waals surface area contributed by atoms with Crippen LogP contribution < -0.4 is 10.2 Å². The topological polar surface area (TPSA) is 152 Å². The highest BCUT2D eigenvalue weighted by Crippen LogP contribution is 2.24. The summed E-state index contributed by atoms with van der Waals surface area (Å²) in [5.41, 5.74) is 0.0724. The fraction of sp³-hybridized carbons (Fsp3) is 0.316. The van der Waals surface area contributed by atoms with Gasteiger partial charge in [0.15, 0.2) is 0 Å². The lowest BCUT2D eigenvalue weighted by atomic mass is 9.75. The van der Waals surface area contributed by atoms with E-state index in [2.05, 4.69) is 10.3 Å². The zero-order valence-corrected chi connectivity index (χ0v) is 16.1. The predicted octanol–water partition coefficient (Wildman–Crippen LogP) is -0.325. The quantitative estimate of drug-likeness (QED) is 0.383. The van der Waals surface area contributed by atoms with Gasteiger partial charge in [-0.05, 0) is 30.2 Å². The molecule has 0 spiro atoms. The Kier molecular flexibility index (Phi) is 6.88. The first-order valence-corrected chi connectivity index (χ1v) is 9.36. The molecule has 1 atom stereocenters. The molecule has 0 unspecified atom stereocenters. The zero-order valence-electron chi connectivity index (χ0n) is 16.1. The molecule has 10 nitrogen and oxygen atoms in total. The molecule has 0 radical (unpaired) electrons. The van der Waals surface area contributed by atoms with Crippen molar-refractivity contribution in [3.05, 3.63) is 53.2 Å². The van der Waals surface area contributed by atoms with Gasteiger partial charge < -0.3 is 35.2 Å². The van der Waals surface area contributed by atoms with E-state index in [9.17, 15) is 24.7 Å². The van der Waals surface area contributed by atoms with Crippen LogP contribution in [-0.4, -0.2) is 76.5 Å².